The molecule has 1 fully saturated rings. The van der Waals surface area contributed by atoms with Crippen LogP contribution in [0.1, 0.15) is 49.1 Å². The van der Waals surface area contributed by atoms with E-state index in [1.54, 1.807) is 0 Å². The first kappa shape index (κ1) is 17.5. The number of halogens is 1. The number of fused-ring (bicyclic) bond motifs is 2. The number of aromatic nitrogens is 3. The Kier molecular flexibility index (Phi) is 4.21. The Morgan fingerprint density at radius 1 is 1.33 bits per heavy atom. The fraction of sp³-hybridized carbons (Fsp3) is 0.500. The van der Waals surface area contributed by atoms with E-state index in [0.29, 0.717) is 23.8 Å². The highest BCUT2D eigenvalue weighted by Gasteiger charge is 2.40. The Morgan fingerprint density at radius 3 is 3.00 bits per heavy atom. The molecule has 1 saturated heterocycles. The van der Waals surface area contributed by atoms with Crippen LogP contribution in [0.15, 0.2) is 35.2 Å². The van der Waals surface area contributed by atoms with Crippen LogP contribution in [0, 0.1) is 5.92 Å². The van der Waals surface area contributed by atoms with Crippen LogP contribution < -0.4 is 0 Å². The van der Waals surface area contributed by atoms with Gasteiger partial charge in [-0.1, -0.05) is 26.0 Å². The highest BCUT2D eigenvalue weighted by Crippen LogP contribution is 2.46. The third-order valence-electron chi connectivity index (χ3n) is 6.60. The Labute approximate surface area is 169 Å². The molecule has 142 valence electrons. The summed E-state index contributed by atoms with van der Waals surface area (Å²) < 4.78 is 3.55. The van der Waals surface area contributed by atoms with Crippen LogP contribution >= 0.6 is 15.9 Å². The molecule has 4 nitrogen and oxygen atoms in total. The SMILES string of the molecule is CC(C)c1nccn1C[C@@H]1C[C@@H]2c3cccc4[nH]c(Br)c(c34)C[C@H]2N(C)C1. The molecule has 3 atom stereocenters. The largest absolute Gasteiger partial charge is 0.349 e. The Bertz CT molecular complexity index is 986. The Morgan fingerprint density at radius 2 is 2.19 bits per heavy atom. The minimum Gasteiger partial charge on any atom is -0.349 e. The van der Waals surface area contributed by atoms with Gasteiger partial charge in [-0.2, -0.15) is 0 Å². The summed E-state index contributed by atoms with van der Waals surface area (Å²) in [6.07, 6.45) is 6.50. The van der Waals surface area contributed by atoms with Gasteiger partial charge in [-0.05, 0) is 58.9 Å². The molecule has 3 heterocycles. The maximum absolute atomic E-state index is 4.59. The van der Waals surface area contributed by atoms with Gasteiger partial charge < -0.3 is 14.5 Å². The molecule has 1 N–H and O–H groups in total. The fourth-order valence-electron chi connectivity index (χ4n) is 5.48. The Balaban J connectivity index is 1.49. The minimum absolute atomic E-state index is 0.470. The molecule has 1 aliphatic heterocycles. The summed E-state index contributed by atoms with van der Waals surface area (Å²) in [5, 5.41) is 1.46. The summed E-state index contributed by atoms with van der Waals surface area (Å²) in [6.45, 7) is 6.69. The third-order valence-corrected chi connectivity index (χ3v) is 7.28. The number of likely N-dealkylation sites (N-methyl/N-ethyl adjacent to an activating group) is 1. The van der Waals surface area contributed by atoms with Crippen LogP contribution in [0.5, 0.6) is 0 Å². The number of imidazole rings is 1. The zero-order valence-corrected chi connectivity index (χ0v) is 17.8. The van der Waals surface area contributed by atoms with Gasteiger partial charge in [0.15, 0.2) is 0 Å². The second-order valence-corrected chi connectivity index (χ2v) is 9.49. The summed E-state index contributed by atoms with van der Waals surface area (Å²) in [5.74, 6) is 2.94. The first-order valence-corrected chi connectivity index (χ1v) is 10.8. The quantitative estimate of drug-likeness (QED) is 0.645. The van der Waals surface area contributed by atoms with Gasteiger partial charge in [0.2, 0.25) is 0 Å². The number of benzene rings is 1. The monoisotopic (exact) mass is 426 g/mol. The predicted octanol–water partition coefficient (Wildman–Crippen LogP) is 4.91. The molecule has 0 radical (unpaired) electrons. The first-order chi connectivity index (χ1) is 13.0. The van der Waals surface area contributed by atoms with Gasteiger partial charge in [0.1, 0.15) is 5.82 Å². The lowest BCUT2D eigenvalue weighted by Crippen LogP contribution is -2.48. The molecular weight excluding hydrogens is 400 g/mol. The number of hydrogen-bond acceptors (Lipinski definition) is 2. The zero-order valence-electron chi connectivity index (χ0n) is 16.2. The lowest BCUT2D eigenvalue weighted by molar-refractivity contribution is 0.103. The fourth-order valence-corrected chi connectivity index (χ4v) is 6.06. The summed E-state index contributed by atoms with van der Waals surface area (Å²) in [4.78, 5) is 10.7. The van der Waals surface area contributed by atoms with Crippen molar-refractivity contribution in [3.8, 4) is 0 Å². The van der Waals surface area contributed by atoms with Gasteiger partial charge in [0.05, 0.1) is 4.60 Å². The van der Waals surface area contributed by atoms with Gasteiger partial charge >= 0.3 is 0 Å². The molecule has 0 bridgehead atoms. The molecule has 0 amide bonds. The molecule has 0 unspecified atom stereocenters. The van der Waals surface area contributed by atoms with Crippen molar-refractivity contribution in [3.05, 3.63) is 52.1 Å². The van der Waals surface area contributed by atoms with E-state index >= 15 is 0 Å². The van der Waals surface area contributed by atoms with Gasteiger partial charge in [-0.15, -0.1) is 0 Å². The average molecular weight is 427 g/mol. The molecule has 5 heteroatoms. The number of likely N-dealkylation sites (tertiary alicyclic amines) is 1. The van der Waals surface area contributed by atoms with E-state index in [1.807, 2.05) is 6.20 Å². The van der Waals surface area contributed by atoms with E-state index in [4.69, 9.17) is 0 Å². The van der Waals surface area contributed by atoms with Crippen LogP contribution in [-0.2, 0) is 13.0 Å². The number of aromatic amines is 1. The summed E-state index contributed by atoms with van der Waals surface area (Å²) >= 11 is 3.76. The van der Waals surface area contributed by atoms with Gasteiger partial charge in [0, 0.05) is 54.3 Å². The highest BCUT2D eigenvalue weighted by atomic mass is 79.9. The van der Waals surface area contributed by atoms with Crippen molar-refractivity contribution in [2.45, 2.75) is 51.1 Å². The standard InChI is InChI=1S/C22H27BrN4/c1-13(2)22-24-7-8-27(22)12-14-9-16-15-5-4-6-18-20(15)17(21(23)25-18)10-19(16)26(3)11-14/h4-8,13-14,16,19,25H,9-12H2,1-3H3/t14-,16-,19-/m1/s1. The van der Waals surface area contributed by atoms with Crippen molar-refractivity contribution >= 4 is 26.8 Å². The number of nitrogens with zero attached hydrogens (tertiary/aromatic N) is 3. The first-order valence-electron chi connectivity index (χ1n) is 10.0. The van der Waals surface area contributed by atoms with Crippen LogP contribution in [0.25, 0.3) is 10.9 Å². The molecule has 3 aromatic rings. The summed E-state index contributed by atoms with van der Waals surface area (Å²) in [7, 11) is 2.31. The van der Waals surface area contributed by atoms with E-state index in [9.17, 15) is 0 Å². The highest BCUT2D eigenvalue weighted by molar-refractivity contribution is 9.10. The number of nitrogens with one attached hydrogen (secondary N) is 1. The molecule has 0 saturated carbocycles. The second kappa shape index (κ2) is 6.49. The van der Waals surface area contributed by atoms with E-state index in [-0.39, 0.29) is 0 Å². The lowest BCUT2D eigenvalue weighted by Gasteiger charge is -2.45. The van der Waals surface area contributed by atoms with Crippen molar-refractivity contribution in [2.75, 3.05) is 13.6 Å². The molecule has 1 aliphatic carbocycles. The smallest absolute Gasteiger partial charge is 0.111 e. The Hall–Kier alpha value is -1.59. The molecule has 2 aliphatic rings. The number of piperidine rings is 1. The van der Waals surface area contributed by atoms with Crippen LogP contribution in [0.2, 0.25) is 0 Å². The maximum Gasteiger partial charge on any atom is 0.111 e. The van der Waals surface area contributed by atoms with Crippen molar-refractivity contribution < 1.29 is 0 Å². The van der Waals surface area contributed by atoms with E-state index in [0.717, 1.165) is 19.5 Å². The molecule has 27 heavy (non-hydrogen) atoms. The number of H-pyrrole nitrogens is 1. The summed E-state index contributed by atoms with van der Waals surface area (Å²) in [6, 6.07) is 7.37. The minimum atomic E-state index is 0.470. The van der Waals surface area contributed by atoms with Crippen LogP contribution in [0.4, 0.5) is 0 Å². The molecule has 1 aromatic carbocycles. The van der Waals surface area contributed by atoms with Gasteiger partial charge in [-0.25, -0.2) is 4.98 Å². The third kappa shape index (κ3) is 2.78. The zero-order chi connectivity index (χ0) is 18.7. The van der Waals surface area contributed by atoms with Crippen molar-refractivity contribution in [3.63, 3.8) is 0 Å². The van der Waals surface area contributed by atoms with Crippen molar-refractivity contribution in [1.82, 2.24) is 19.4 Å². The van der Waals surface area contributed by atoms with Crippen LogP contribution in [-0.4, -0.2) is 39.1 Å². The number of hydrogen-bond donors (Lipinski definition) is 1. The van der Waals surface area contributed by atoms with Gasteiger partial charge in [0.25, 0.3) is 0 Å². The molecule has 5 rings (SSSR count). The van der Waals surface area contributed by atoms with Crippen molar-refractivity contribution in [1.29, 1.82) is 0 Å². The maximum atomic E-state index is 4.59. The average Bonchev–Trinajstić information content (AvgIpc) is 3.22. The lowest BCUT2D eigenvalue weighted by atomic mass is 9.72. The molecule has 2 aromatic heterocycles. The second-order valence-electron chi connectivity index (χ2n) is 8.70. The predicted molar refractivity (Wildman–Crippen MR) is 113 cm³/mol. The van der Waals surface area contributed by atoms with Gasteiger partial charge in [-0.3, -0.25) is 0 Å². The van der Waals surface area contributed by atoms with E-state index < -0.39 is 0 Å². The normalized spacial score (nSPS) is 25.3. The summed E-state index contributed by atoms with van der Waals surface area (Å²) in [5.41, 5.74) is 4.27. The molecule has 0 spiro atoms. The van der Waals surface area contributed by atoms with E-state index in [2.05, 4.69) is 80.7 Å². The number of rotatable bonds is 3. The molecular formula is C22H27BrN4. The topological polar surface area (TPSA) is 36.9 Å². The van der Waals surface area contributed by atoms with E-state index in [1.165, 1.54) is 38.9 Å². The van der Waals surface area contributed by atoms with Crippen LogP contribution in [0.3, 0.4) is 0 Å². The van der Waals surface area contributed by atoms with Crippen molar-refractivity contribution in [2.24, 2.45) is 5.92 Å².